The van der Waals surface area contributed by atoms with Crippen LogP contribution >= 0.6 is 0 Å². The Morgan fingerprint density at radius 3 is 1.88 bits per heavy atom. The predicted octanol–water partition coefficient (Wildman–Crippen LogP) is 6.07. The Labute approximate surface area is 190 Å². The summed E-state index contributed by atoms with van der Waals surface area (Å²) >= 11 is 0. The van der Waals surface area contributed by atoms with Crippen LogP contribution in [0.2, 0.25) is 0 Å². The van der Waals surface area contributed by atoms with Crippen LogP contribution in [-0.2, 0) is 0 Å². The van der Waals surface area contributed by atoms with Gasteiger partial charge in [0.05, 0.1) is 18.2 Å². The number of amides is 2. The summed E-state index contributed by atoms with van der Waals surface area (Å²) < 4.78 is 5.18. The first-order chi connectivity index (χ1) is 15.6. The molecule has 0 radical (unpaired) electrons. The Balaban J connectivity index is 1.72. The van der Waals surface area contributed by atoms with Crippen LogP contribution in [0, 0.1) is 0 Å². The van der Waals surface area contributed by atoms with E-state index < -0.39 is 6.04 Å². The van der Waals surface area contributed by atoms with Crippen molar-refractivity contribution in [2.45, 2.75) is 70.8 Å². The Hall–Kier alpha value is -2.95. The summed E-state index contributed by atoms with van der Waals surface area (Å²) in [5, 5.41) is 0. The minimum absolute atomic E-state index is 0.204. The maximum absolute atomic E-state index is 13.4. The van der Waals surface area contributed by atoms with Crippen LogP contribution in [0.1, 0.15) is 95.8 Å². The first-order valence-corrected chi connectivity index (χ1v) is 11.7. The smallest absolute Gasteiger partial charge is 0.262 e. The van der Waals surface area contributed by atoms with E-state index in [9.17, 15) is 14.4 Å². The molecule has 0 saturated carbocycles. The van der Waals surface area contributed by atoms with Gasteiger partial charge in [-0.2, -0.15) is 0 Å². The molecule has 1 aliphatic rings. The minimum Gasteiger partial charge on any atom is -0.497 e. The number of carbonyl (C=O) groups excluding carboxylic acids is 3. The van der Waals surface area contributed by atoms with E-state index in [0.29, 0.717) is 28.9 Å². The summed E-state index contributed by atoms with van der Waals surface area (Å²) in [7, 11) is 1.57. The fraction of sp³-hybridized carbons (Fsp3) is 0.444. The monoisotopic (exact) mass is 435 g/mol. The zero-order chi connectivity index (χ0) is 22.9. The average molecular weight is 436 g/mol. The molecule has 2 aromatic rings. The molecule has 0 spiro atoms. The molecule has 5 nitrogen and oxygen atoms in total. The number of benzene rings is 2. The van der Waals surface area contributed by atoms with Gasteiger partial charge in [0.15, 0.2) is 5.78 Å². The molecule has 0 aliphatic carbocycles. The van der Waals surface area contributed by atoms with Crippen molar-refractivity contribution in [3.05, 3.63) is 65.2 Å². The number of rotatable bonds is 13. The number of ketones is 1. The standard InChI is InChI=1S/C27H33NO4/c1-3-4-5-6-7-8-9-10-15-24(25(29)20-16-18-21(32-2)19-17-20)28-26(30)22-13-11-12-14-23(22)27(28)31/h11-14,16-19,24H,3-10,15H2,1-2H3. The number of nitrogens with zero attached hydrogens (tertiary/aromatic N) is 1. The highest BCUT2D eigenvalue weighted by Gasteiger charge is 2.42. The van der Waals surface area contributed by atoms with Gasteiger partial charge in [-0.1, -0.05) is 70.4 Å². The topological polar surface area (TPSA) is 63.7 Å². The van der Waals surface area contributed by atoms with E-state index in [2.05, 4.69) is 6.92 Å². The van der Waals surface area contributed by atoms with E-state index in [1.807, 2.05) is 0 Å². The van der Waals surface area contributed by atoms with Crippen molar-refractivity contribution in [1.29, 1.82) is 0 Å². The van der Waals surface area contributed by atoms with Crippen LogP contribution in [0.4, 0.5) is 0 Å². The maximum Gasteiger partial charge on any atom is 0.262 e. The molecule has 1 atom stereocenters. The quantitative estimate of drug-likeness (QED) is 0.217. The summed E-state index contributed by atoms with van der Waals surface area (Å²) in [6.45, 7) is 2.21. The molecule has 1 heterocycles. The second kappa shape index (κ2) is 11.6. The van der Waals surface area contributed by atoms with Crippen LogP contribution in [0.5, 0.6) is 5.75 Å². The molecule has 170 valence electrons. The van der Waals surface area contributed by atoms with Gasteiger partial charge in [0, 0.05) is 5.56 Å². The molecule has 2 aromatic carbocycles. The van der Waals surface area contributed by atoms with Crippen LogP contribution in [-0.4, -0.2) is 35.6 Å². The van der Waals surface area contributed by atoms with Gasteiger partial charge in [0.2, 0.25) is 0 Å². The minimum atomic E-state index is -0.795. The van der Waals surface area contributed by atoms with Crippen molar-refractivity contribution >= 4 is 17.6 Å². The summed E-state index contributed by atoms with van der Waals surface area (Å²) in [4.78, 5) is 40.7. The first kappa shape index (κ1) is 23.7. The van der Waals surface area contributed by atoms with Gasteiger partial charge in [-0.25, -0.2) is 0 Å². The molecule has 0 saturated heterocycles. The van der Waals surface area contributed by atoms with E-state index in [4.69, 9.17) is 4.74 Å². The highest BCUT2D eigenvalue weighted by atomic mass is 16.5. The molecule has 2 amide bonds. The summed E-state index contributed by atoms with van der Waals surface area (Å²) in [6, 6.07) is 12.8. The Morgan fingerprint density at radius 1 is 0.812 bits per heavy atom. The lowest BCUT2D eigenvalue weighted by Crippen LogP contribution is -2.45. The summed E-state index contributed by atoms with van der Waals surface area (Å²) in [5.41, 5.74) is 1.23. The van der Waals surface area contributed by atoms with E-state index in [-0.39, 0.29) is 17.6 Å². The van der Waals surface area contributed by atoms with Crippen molar-refractivity contribution in [2.24, 2.45) is 0 Å². The van der Waals surface area contributed by atoms with E-state index in [1.54, 1.807) is 55.6 Å². The zero-order valence-electron chi connectivity index (χ0n) is 19.1. The van der Waals surface area contributed by atoms with Crippen LogP contribution in [0.15, 0.2) is 48.5 Å². The fourth-order valence-corrected chi connectivity index (χ4v) is 4.29. The second-order valence-electron chi connectivity index (χ2n) is 8.40. The van der Waals surface area contributed by atoms with Gasteiger partial charge >= 0.3 is 0 Å². The van der Waals surface area contributed by atoms with Gasteiger partial charge in [-0.15, -0.1) is 0 Å². The highest BCUT2D eigenvalue weighted by molar-refractivity contribution is 6.23. The Morgan fingerprint density at radius 2 is 1.34 bits per heavy atom. The molecular formula is C27H33NO4. The van der Waals surface area contributed by atoms with Gasteiger partial charge in [0.1, 0.15) is 11.8 Å². The number of fused-ring (bicyclic) bond motifs is 1. The molecule has 1 aliphatic heterocycles. The normalized spacial score (nSPS) is 13.9. The molecule has 0 bridgehead atoms. The summed E-state index contributed by atoms with van der Waals surface area (Å²) in [5.74, 6) is -0.305. The first-order valence-electron chi connectivity index (χ1n) is 11.7. The largest absolute Gasteiger partial charge is 0.497 e. The number of methoxy groups -OCH3 is 1. The molecule has 3 rings (SSSR count). The van der Waals surface area contributed by atoms with E-state index in [0.717, 1.165) is 19.3 Å². The lowest BCUT2D eigenvalue weighted by atomic mass is 9.96. The Kier molecular flexibility index (Phi) is 8.60. The van der Waals surface area contributed by atoms with Gasteiger partial charge in [0.25, 0.3) is 11.8 Å². The third-order valence-electron chi connectivity index (χ3n) is 6.15. The molecule has 32 heavy (non-hydrogen) atoms. The van der Waals surface area contributed by atoms with Crippen molar-refractivity contribution in [1.82, 2.24) is 4.90 Å². The number of hydrogen-bond acceptors (Lipinski definition) is 4. The van der Waals surface area contributed by atoms with Gasteiger partial charge in [-0.05, 0) is 42.8 Å². The zero-order valence-corrected chi connectivity index (χ0v) is 19.1. The lowest BCUT2D eigenvalue weighted by Gasteiger charge is -2.25. The molecule has 5 heteroatoms. The van der Waals surface area contributed by atoms with Crippen molar-refractivity contribution in [2.75, 3.05) is 7.11 Å². The van der Waals surface area contributed by atoms with Crippen molar-refractivity contribution in [3.63, 3.8) is 0 Å². The van der Waals surface area contributed by atoms with Crippen molar-refractivity contribution < 1.29 is 19.1 Å². The van der Waals surface area contributed by atoms with Crippen LogP contribution in [0.25, 0.3) is 0 Å². The molecule has 0 N–H and O–H groups in total. The number of ether oxygens (including phenoxy) is 1. The SMILES string of the molecule is CCCCCCCCCCC(C(=O)c1ccc(OC)cc1)N1C(=O)c2ccccc2C1=O. The third-order valence-corrected chi connectivity index (χ3v) is 6.15. The maximum atomic E-state index is 13.4. The molecule has 0 fully saturated rings. The molecular weight excluding hydrogens is 402 g/mol. The van der Waals surface area contributed by atoms with Gasteiger partial charge < -0.3 is 4.74 Å². The molecule has 1 unspecified atom stereocenters. The van der Waals surface area contributed by atoms with Gasteiger partial charge in [-0.3, -0.25) is 19.3 Å². The van der Waals surface area contributed by atoms with E-state index >= 15 is 0 Å². The number of unbranched alkanes of at least 4 members (excludes halogenated alkanes) is 7. The van der Waals surface area contributed by atoms with Crippen LogP contribution < -0.4 is 4.74 Å². The lowest BCUT2D eigenvalue weighted by molar-refractivity contribution is 0.0529. The highest BCUT2D eigenvalue weighted by Crippen LogP contribution is 2.28. The Bertz CT molecular complexity index is 900. The fourth-order valence-electron chi connectivity index (χ4n) is 4.29. The number of Topliss-reactive ketones (excluding diaryl/α,β-unsaturated/α-hetero) is 1. The van der Waals surface area contributed by atoms with Crippen LogP contribution in [0.3, 0.4) is 0 Å². The van der Waals surface area contributed by atoms with Crippen molar-refractivity contribution in [3.8, 4) is 5.75 Å². The number of hydrogen-bond donors (Lipinski definition) is 0. The number of imide groups is 1. The number of carbonyl (C=O) groups is 3. The summed E-state index contributed by atoms with van der Waals surface area (Å²) in [6.07, 6.45) is 9.57. The third kappa shape index (κ3) is 5.45. The molecule has 0 aromatic heterocycles. The average Bonchev–Trinajstić information content (AvgIpc) is 3.08. The predicted molar refractivity (Wildman–Crippen MR) is 125 cm³/mol. The second-order valence-corrected chi connectivity index (χ2v) is 8.40. The van der Waals surface area contributed by atoms with E-state index in [1.165, 1.54) is 37.0 Å².